The Bertz CT molecular complexity index is 1310. The van der Waals surface area contributed by atoms with E-state index in [1.54, 1.807) is 18.2 Å². The number of carboxylic acid groups (broad SMARTS) is 1. The van der Waals surface area contributed by atoms with E-state index in [0.29, 0.717) is 23.3 Å². The zero-order chi connectivity index (χ0) is 23.8. The summed E-state index contributed by atoms with van der Waals surface area (Å²) in [6.45, 7) is 3.87. The zero-order valence-electron chi connectivity index (χ0n) is 17.8. The van der Waals surface area contributed by atoms with Gasteiger partial charge in [-0.25, -0.2) is 4.79 Å². The number of benzene rings is 3. The van der Waals surface area contributed by atoms with Crippen LogP contribution in [0, 0.1) is 6.92 Å². The predicted molar refractivity (Wildman–Crippen MR) is 118 cm³/mol. The van der Waals surface area contributed by atoms with E-state index in [4.69, 9.17) is 4.74 Å². The summed E-state index contributed by atoms with van der Waals surface area (Å²) < 4.78 is 48.6. The number of carbonyl (C=O) groups is 1. The lowest BCUT2D eigenvalue weighted by Gasteiger charge is -2.11. The summed E-state index contributed by atoms with van der Waals surface area (Å²) in [6, 6.07) is 17.9. The van der Waals surface area contributed by atoms with E-state index in [0.717, 1.165) is 28.9 Å². The number of rotatable bonds is 6. The van der Waals surface area contributed by atoms with Crippen LogP contribution in [0.25, 0.3) is 16.6 Å². The van der Waals surface area contributed by atoms with Gasteiger partial charge in [-0.2, -0.15) is 0 Å². The monoisotopic (exact) mass is 455 g/mol. The van der Waals surface area contributed by atoms with Crippen molar-refractivity contribution >= 4 is 16.9 Å². The van der Waals surface area contributed by atoms with Crippen LogP contribution in [-0.2, 0) is 6.42 Å². The molecule has 0 saturated heterocycles. The van der Waals surface area contributed by atoms with Crippen LogP contribution in [0.2, 0.25) is 0 Å². The van der Waals surface area contributed by atoms with Crippen LogP contribution in [-0.4, -0.2) is 22.0 Å². The van der Waals surface area contributed by atoms with E-state index in [2.05, 4.69) is 4.74 Å². The second kappa shape index (κ2) is 8.54. The molecule has 4 aromatic rings. The Balaban J connectivity index is 1.75. The van der Waals surface area contributed by atoms with Gasteiger partial charge in [0, 0.05) is 16.8 Å². The average molecular weight is 455 g/mol. The summed E-state index contributed by atoms with van der Waals surface area (Å²) in [5.74, 6) is -0.762. The number of aromatic nitrogens is 1. The first-order chi connectivity index (χ1) is 15.7. The summed E-state index contributed by atoms with van der Waals surface area (Å²) >= 11 is 0. The highest BCUT2D eigenvalue weighted by atomic mass is 19.4. The molecule has 1 heterocycles. The van der Waals surface area contributed by atoms with Crippen molar-refractivity contribution in [2.24, 2.45) is 0 Å². The Labute approximate surface area is 187 Å². The molecule has 0 fully saturated rings. The molecule has 0 atom stereocenters. The molecular weight excluding hydrogens is 435 g/mol. The van der Waals surface area contributed by atoms with Gasteiger partial charge in [-0.1, -0.05) is 24.6 Å². The van der Waals surface area contributed by atoms with E-state index in [1.807, 2.05) is 42.7 Å². The zero-order valence-corrected chi connectivity index (χ0v) is 17.8. The van der Waals surface area contributed by atoms with Crippen LogP contribution in [0.3, 0.4) is 0 Å². The molecule has 0 aliphatic rings. The van der Waals surface area contributed by atoms with Gasteiger partial charge in [0.1, 0.15) is 17.2 Å². The molecule has 33 heavy (non-hydrogen) atoms. The number of carboxylic acids is 1. The fraction of sp³-hybridized carbons (Fsp3) is 0.160. The van der Waals surface area contributed by atoms with E-state index in [1.165, 1.54) is 12.1 Å². The third-order valence-corrected chi connectivity index (χ3v) is 5.17. The molecule has 0 unspecified atom stereocenters. The first-order valence-corrected chi connectivity index (χ1v) is 10.2. The lowest BCUT2D eigenvalue weighted by atomic mass is 10.1. The highest BCUT2D eigenvalue weighted by Gasteiger charge is 2.31. The fourth-order valence-corrected chi connectivity index (χ4v) is 3.79. The normalized spacial score (nSPS) is 11.5. The van der Waals surface area contributed by atoms with Crippen molar-refractivity contribution < 1.29 is 32.5 Å². The minimum absolute atomic E-state index is 0.187. The summed E-state index contributed by atoms with van der Waals surface area (Å²) in [6.07, 6.45) is -4.27. The number of ether oxygens (including phenoxy) is 2. The fourth-order valence-electron chi connectivity index (χ4n) is 3.79. The molecule has 3 aromatic carbocycles. The van der Waals surface area contributed by atoms with Crippen LogP contribution in [0.15, 0.2) is 66.7 Å². The number of aromatic carboxylic acids is 1. The molecule has 8 heteroatoms. The molecule has 0 radical (unpaired) electrons. The Hall–Kier alpha value is -3.94. The van der Waals surface area contributed by atoms with Gasteiger partial charge in [0.2, 0.25) is 0 Å². The standard InChI is InChI=1S/C25H20F3NO4/c1-3-21-23(24(30)31)20-14-19(32-17-8-10-18(11-9-17)33-25(26,27)28)12-13-22(20)29(21)16-6-4-15(2)5-7-16/h4-14H,3H2,1-2H3,(H,30,31). The van der Waals surface area contributed by atoms with Crippen LogP contribution >= 0.6 is 0 Å². The van der Waals surface area contributed by atoms with Gasteiger partial charge in [0.15, 0.2) is 0 Å². The number of hydrogen-bond acceptors (Lipinski definition) is 3. The largest absolute Gasteiger partial charge is 0.573 e. The molecule has 0 aliphatic carbocycles. The highest BCUT2D eigenvalue weighted by Crippen LogP contribution is 2.35. The number of nitrogens with zero attached hydrogens (tertiary/aromatic N) is 1. The highest BCUT2D eigenvalue weighted by molar-refractivity contribution is 6.06. The Kier molecular flexibility index (Phi) is 5.76. The van der Waals surface area contributed by atoms with Gasteiger partial charge in [0.25, 0.3) is 0 Å². The maximum atomic E-state index is 12.3. The molecule has 4 rings (SSSR count). The molecule has 0 bridgehead atoms. The third-order valence-electron chi connectivity index (χ3n) is 5.17. The van der Waals surface area contributed by atoms with E-state index >= 15 is 0 Å². The van der Waals surface area contributed by atoms with Gasteiger partial charge in [0.05, 0.1) is 11.1 Å². The van der Waals surface area contributed by atoms with Crippen LogP contribution in [0.1, 0.15) is 28.5 Å². The summed E-state index contributed by atoms with van der Waals surface area (Å²) in [5.41, 5.74) is 3.51. The number of halogens is 3. The Morgan fingerprint density at radius 3 is 2.12 bits per heavy atom. The van der Waals surface area contributed by atoms with Crippen molar-refractivity contribution in [2.75, 3.05) is 0 Å². The van der Waals surface area contributed by atoms with Crippen molar-refractivity contribution in [3.8, 4) is 22.9 Å². The van der Waals surface area contributed by atoms with Gasteiger partial charge in [-0.3, -0.25) is 0 Å². The molecule has 1 aromatic heterocycles. The lowest BCUT2D eigenvalue weighted by Crippen LogP contribution is -2.16. The SMILES string of the molecule is CCc1c(C(=O)O)c2cc(Oc3ccc(OC(F)(F)F)cc3)ccc2n1-c1ccc(C)cc1. The second-order valence-electron chi connectivity index (χ2n) is 7.45. The molecule has 170 valence electrons. The maximum Gasteiger partial charge on any atom is 0.573 e. The summed E-state index contributed by atoms with van der Waals surface area (Å²) in [5, 5.41) is 10.5. The summed E-state index contributed by atoms with van der Waals surface area (Å²) in [7, 11) is 0. The van der Waals surface area contributed by atoms with Crippen molar-refractivity contribution in [3.63, 3.8) is 0 Å². The molecular formula is C25H20F3NO4. The van der Waals surface area contributed by atoms with Crippen LogP contribution in [0.5, 0.6) is 17.2 Å². The van der Waals surface area contributed by atoms with Gasteiger partial charge in [-0.05, 0) is 67.9 Å². The van der Waals surface area contributed by atoms with Crippen molar-refractivity contribution in [1.29, 1.82) is 0 Å². The maximum absolute atomic E-state index is 12.3. The molecule has 5 nitrogen and oxygen atoms in total. The van der Waals surface area contributed by atoms with E-state index < -0.39 is 12.3 Å². The second-order valence-corrected chi connectivity index (χ2v) is 7.45. The predicted octanol–water partition coefficient (Wildman–Crippen LogP) is 6.89. The molecule has 0 aliphatic heterocycles. The Morgan fingerprint density at radius 1 is 0.939 bits per heavy atom. The topological polar surface area (TPSA) is 60.7 Å². The number of fused-ring (bicyclic) bond motifs is 1. The van der Waals surface area contributed by atoms with Gasteiger partial charge < -0.3 is 19.1 Å². The average Bonchev–Trinajstić information content (AvgIpc) is 3.08. The summed E-state index contributed by atoms with van der Waals surface area (Å²) in [4.78, 5) is 12.2. The van der Waals surface area contributed by atoms with E-state index in [9.17, 15) is 23.1 Å². The first-order valence-electron chi connectivity index (χ1n) is 10.2. The third kappa shape index (κ3) is 4.64. The van der Waals surface area contributed by atoms with Gasteiger partial charge in [-0.15, -0.1) is 13.2 Å². The quantitative estimate of drug-likeness (QED) is 0.344. The first kappa shape index (κ1) is 22.3. The lowest BCUT2D eigenvalue weighted by molar-refractivity contribution is -0.274. The minimum Gasteiger partial charge on any atom is -0.478 e. The molecule has 0 saturated carbocycles. The Morgan fingerprint density at radius 2 is 1.55 bits per heavy atom. The molecule has 0 amide bonds. The van der Waals surface area contributed by atoms with Crippen molar-refractivity contribution in [3.05, 3.63) is 83.6 Å². The van der Waals surface area contributed by atoms with Gasteiger partial charge >= 0.3 is 12.3 Å². The minimum atomic E-state index is -4.78. The number of alkyl halides is 3. The number of hydrogen-bond donors (Lipinski definition) is 1. The molecule has 0 spiro atoms. The van der Waals surface area contributed by atoms with Crippen molar-refractivity contribution in [2.45, 2.75) is 26.6 Å². The van der Waals surface area contributed by atoms with Crippen LogP contribution < -0.4 is 9.47 Å². The smallest absolute Gasteiger partial charge is 0.478 e. The van der Waals surface area contributed by atoms with E-state index in [-0.39, 0.29) is 17.1 Å². The number of aryl methyl sites for hydroxylation is 1. The van der Waals surface area contributed by atoms with Crippen molar-refractivity contribution in [1.82, 2.24) is 4.57 Å². The molecule has 1 N–H and O–H groups in total. The van der Waals surface area contributed by atoms with Crippen LogP contribution in [0.4, 0.5) is 13.2 Å².